The first kappa shape index (κ1) is 24.2. The second kappa shape index (κ2) is 10.6. The largest absolute Gasteiger partial charge is 0.455 e. The first-order chi connectivity index (χ1) is 16.8. The summed E-state index contributed by atoms with van der Waals surface area (Å²) < 4.78 is 58.3. The van der Waals surface area contributed by atoms with Crippen LogP contribution in [0.25, 0.3) is 0 Å². The molecular weight excluding hydrogens is 460 g/mol. The topological polar surface area (TPSA) is 45.5 Å². The van der Waals surface area contributed by atoms with Gasteiger partial charge in [0.2, 0.25) is 0 Å². The molecule has 0 unspecified atom stereocenters. The molecule has 1 heterocycles. The van der Waals surface area contributed by atoms with Gasteiger partial charge in [-0.1, -0.05) is 54.6 Å². The summed E-state index contributed by atoms with van der Waals surface area (Å²) in [6.45, 7) is 1.19. The van der Waals surface area contributed by atoms with Crippen molar-refractivity contribution in [2.45, 2.75) is 25.8 Å². The van der Waals surface area contributed by atoms with Crippen LogP contribution in [0.2, 0.25) is 0 Å². The number of nitrogens with zero attached hydrogens (tertiary/aromatic N) is 1. The maximum Gasteiger partial charge on any atom is 0.416 e. The van der Waals surface area contributed by atoms with E-state index in [1.807, 2.05) is 35.2 Å². The summed E-state index contributed by atoms with van der Waals surface area (Å²) in [6, 6.07) is 23.6. The Balaban J connectivity index is 1.48. The number of hydrogen-bond acceptors (Lipinski definition) is 3. The van der Waals surface area contributed by atoms with E-state index in [9.17, 15) is 22.4 Å². The number of carbonyl (C=O) groups is 1. The Bertz CT molecular complexity index is 1270. The van der Waals surface area contributed by atoms with Crippen LogP contribution >= 0.6 is 0 Å². The highest BCUT2D eigenvalue weighted by atomic mass is 19.4. The molecule has 8 heteroatoms. The average molecular weight is 482 g/mol. The number of rotatable bonds is 8. The van der Waals surface area contributed by atoms with Gasteiger partial charge in [0.1, 0.15) is 11.6 Å². The van der Waals surface area contributed by atoms with Gasteiger partial charge in [-0.3, -0.25) is 9.69 Å². The fourth-order valence-electron chi connectivity index (χ4n) is 3.62. The molecule has 0 aliphatic rings. The van der Waals surface area contributed by atoms with E-state index in [0.29, 0.717) is 31.0 Å². The van der Waals surface area contributed by atoms with Crippen LogP contribution < -0.4 is 5.32 Å². The highest BCUT2D eigenvalue weighted by Crippen LogP contribution is 2.29. The summed E-state index contributed by atoms with van der Waals surface area (Å²) in [6.07, 6.45) is -4.39. The fraction of sp³-hybridized carbons (Fsp3) is 0.148. The highest BCUT2D eigenvalue weighted by molar-refractivity contribution is 6.02. The van der Waals surface area contributed by atoms with Crippen LogP contribution in [0.1, 0.15) is 33.0 Å². The van der Waals surface area contributed by atoms with Gasteiger partial charge in [0.15, 0.2) is 5.76 Å². The molecule has 180 valence electrons. The number of nitrogens with one attached hydrogen (secondary N) is 1. The molecule has 4 rings (SSSR count). The number of hydrogen-bond donors (Lipinski definition) is 1. The molecule has 4 aromatic rings. The zero-order valence-electron chi connectivity index (χ0n) is 18.6. The molecule has 0 atom stereocenters. The third kappa shape index (κ3) is 6.58. The predicted octanol–water partition coefficient (Wildman–Crippen LogP) is 6.89. The Hall–Kier alpha value is -3.91. The Morgan fingerprint density at radius 2 is 1.40 bits per heavy atom. The number of furan rings is 1. The van der Waals surface area contributed by atoms with E-state index in [4.69, 9.17) is 4.42 Å². The van der Waals surface area contributed by atoms with E-state index in [-0.39, 0.29) is 11.4 Å². The molecule has 0 saturated heterocycles. The molecule has 1 amide bonds. The van der Waals surface area contributed by atoms with Crippen LogP contribution in [-0.4, -0.2) is 10.8 Å². The predicted molar refractivity (Wildman–Crippen MR) is 124 cm³/mol. The van der Waals surface area contributed by atoms with Gasteiger partial charge in [0, 0.05) is 13.1 Å². The minimum absolute atomic E-state index is 0.0254. The van der Waals surface area contributed by atoms with Gasteiger partial charge in [-0.2, -0.15) is 13.2 Å². The molecule has 0 radical (unpaired) electrons. The second-order valence-corrected chi connectivity index (χ2v) is 8.03. The van der Waals surface area contributed by atoms with Crippen molar-refractivity contribution in [3.63, 3.8) is 0 Å². The normalized spacial score (nSPS) is 11.6. The third-order valence-corrected chi connectivity index (χ3v) is 5.32. The molecule has 0 bridgehead atoms. The Kier molecular flexibility index (Phi) is 7.31. The van der Waals surface area contributed by atoms with Crippen molar-refractivity contribution in [2.75, 3.05) is 5.32 Å². The molecule has 3 aromatic carbocycles. The molecule has 0 fully saturated rings. The van der Waals surface area contributed by atoms with E-state index in [1.54, 1.807) is 12.1 Å². The van der Waals surface area contributed by atoms with Crippen LogP contribution in [0.15, 0.2) is 95.4 Å². The minimum atomic E-state index is -4.39. The van der Waals surface area contributed by atoms with Crippen molar-refractivity contribution in [1.82, 2.24) is 4.90 Å². The Labute approximate surface area is 199 Å². The van der Waals surface area contributed by atoms with Crippen molar-refractivity contribution in [1.29, 1.82) is 0 Å². The Morgan fingerprint density at radius 3 is 2.06 bits per heavy atom. The second-order valence-electron chi connectivity index (χ2n) is 8.03. The van der Waals surface area contributed by atoms with Crippen LogP contribution in [-0.2, 0) is 25.8 Å². The Morgan fingerprint density at radius 1 is 0.771 bits per heavy atom. The zero-order valence-corrected chi connectivity index (χ0v) is 18.6. The summed E-state index contributed by atoms with van der Waals surface area (Å²) in [5, 5.41) is 2.48. The van der Waals surface area contributed by atoms with Crippen molar-refractivity contribution < 1.29 is 26.8 Å². The summed E-state index contributed by atoms with van der Waals surface area (Å²) in [5.74, 6) is -0.624. The third-order valence-electron chi connectivity index (χ3n) is 5.32. The van der Waals surface area contributed by atoms with E-state index in [0.717, 1.165) is 17.7 Å². The summed E-state index contributed by atoms with van der Waals surface area (Å²) >= 11 is 0. The molecule has 35 heavy (non-hydrogen) atoms. The number of carbonyl (C=O) groups excluding carboxylic acids is 1. The molecule has 4 nitrogen and oxygen atoms in total. The van der Waals surface area contributed by atoms with Crippen LogP contribution in [0.5, 0.6) is 0 Å². The van der Waals surface area contributed by atoms with E-state index in [1.165, 1.54) is 36.4 Å². The zero-order chi connectivity index (χ0) is 24.8. The minimum Gasteiger partial charge on any atom is -0.455 e. The van der Waals surface area contributed by atoms with Crippen LogP contribution in [0.4, 0.5) is 23.2 Å². The highest BCUT2D eigenvalue weighted by Gasteiger charge is 2.30. The SMILES string of the molecule is O=C(Nc1ccccc1F)c1ccc(CN(Cc2ccccc2)Cc2ccc(C(F)(F)F)cc2)o1. The maximum atomic E-state index is 13.8. The number of para-hydroxylation sites is 1. The number of amides is 1. The van der Waals surface area contributed by atoms with E-state index >= 15 is 0 Å². The van der Waals surface area contributed by atoms with Crippen LogP contribution in [0.3, 0.4) is 0 Å². The first-order valence-corrected chi connectivity index (χ1v) is 10.8. The lowest BCUT2D eigenvalue weighted by Gasteiger charge is -2.22. The van der Waals surface area contributed by atoms with Gasteiger partial charge in [-0.25, -0.2) is 4.39 Å². The summed E-state index contributed by atoms with van der Waals surface area (Å²) in [5.41, 5.74) is 1.07. The quantitative estimate of drug-likeness (QED) is 0.278. The molecule has 0 aliphatic heterocycles. The number of benzene rings is 3. The summed E-state index contributed by atoms with van der Waals surface area (Å²) in [7, 11) is 0. The number of anilines is 1. The summed E-state index contributed by atoms with van der Waals surface area (Å²) in [4.78, 5) is 14.5. The molecule has 1 aromatic heterocycles. The maximum absolute atomic E-state index is 13.8. The van der Waals surface area contributed by atoms with Crippen molar-refractivity contribution >= 4 is 11.6 Å². The van der Waals surface area contributed by atoms with E-state index < -0.39 is 23.5 Å². The molecule has 0 aliphatic carbocycles. The number of alkyl halides is 3. The monoisotopic (exact) mass is 482 g/mol. The van der Waals surface area contributed by atoms with Gasteiger partial charge in [-0.15, -0.1) is 0 Å². The standard InChI is InChI=1S/C27H22F4N2O2/c28-23-8-4-5-9-24(23)32-26(34)25-15-14-22(35-25)18-33(16-19-6-2-1-3-7-19)17-20-10-12-21(13-11-20)27(29,30)31/h1-15H,16-18H2,(H,32,34). The fourth-order valence-corrected chi connectivity index (χ4v) is 3.62. The van der Waals surface area contributed by atoms with Crippen molar-refractivity contribution in [2.24, 2.45) is 0 Å². The molecular formula is C27H22F4N2O2. The van der Waals surface area contributed by atoms with E-state index in [2.05, 4.69) is 5.32 Å². The lowest BCUT2D eigenvalue weighted by atomic mass is 10.1. The lowest BCUT2D eigenvalue weighted by Crippen LogP contribution is -2.22. The van der Waals surface area contributed by atoms with Gasteiger partial charge in [-0.05, 0) is 47.5 Å². The van der Waals surface area contributed by atoms with Gasteiger partial charge < -0.3 is 9.73 Å². The first-order valence-electron chi connectivity index (χ1n) is 10.8. The molecule has 0 spiro atoms. The van der Waals surface area contributed by atoms with Crippen molar-refractivity contribution in [3.8, 4) is 0 Å². The van der Waals surface area contributed by atoms with Gasteiger partial charge in [0.05, 0.1) is 17.8 Å². The molecule has 0 saturated carbocycles. The average Bonchev–Trinajstić information content (AvgIpc) is 3.30. The van der Waals surface area contributed by atoms with Gasteiger partial charge >= 0.3 is 6.18 Å². The lowest BCUT2D eigenvalue weighted by molar-refractivity contribution is -0.137. The van der Waals surface area contributed by atoms with Crippen molar-refractivity contribution in [3.05, 3.63) is 125 Å². The smallest absolute Gasteiger partial charge is 0.416 e. The van der Waals surface area contributed by atoms with Crippen LogP contribution in [0, 0.1) is 5.82 Å². The van der Waals surface area contributed by atoms with Gasteiger partial charge in [0.25, 0.3) is 5.91 Å². The molecule has 1 N–H and O–H groups in total. The number of halogens is 4.